The van der Waals surface area contributed by atoms with Crippen LogP contribution >= 0.6 is 0 Å². The molecule has 1 aliphatic rings. The van der Waals surface area contributed by atoms with Crippen LogP contribution in [-0.2, 0) is 23.8 Å². The van der Waals surface area contributed by atoms with E-state index in [2.05, 4.69) is 10.5 Å². The number of nitrogens with zero attached hydrogens (tertiary/aromatic N) is 4. The molecule has 0 aliphatic heterocycles. The lowest BCUT2D eigenvalue weighted by Gasteiger charge is -2.19. The quantitative estimate of drug-likeness (QED) is 0.600. The largest absolute Gasteiger partial charge is 0.591 e. The molecule has 3 rings (SSSR count). The van der Waals surface area contributed by atoms with E-state index in [0.717, 1.165) is 5.56 Å². The highest BCUT2D eigenvalue weighted by Crippen LogP contribution is 2.46. The zero-order chi connectivity index (χ0) is 20.1. The average molecular weight is 385 g/mol. The topological polar surface area (TPSA) is 94.1 Å². The second kappa shape index (κ2) is 6.47. The highest BCUT2D eigenvalue weighted by Gasteiger charge is 2.48. The summed E-state index contributed by atoms with van der Waals surface area (Å²) in [4.78, 5) is 17.7. The Kier molecular flexibility index (Phi) is 4.69. The van der Waals surface area contributed by atoms with Crippen LogP contribution in [0.2, 0.25) is 0 Å². The molecule has 1 saturated carbocycles. The summed E-state index contributed by atoms with van der Waals surface area (Å²) < 4.78 is 17.8. The van der Waals surface area contributed by atoms with Crippen LogP contribution in [0.15, 0.2) is 21.3 Å². The second-order valence-electron chi connectivity index (χ2n) is 8.24. The van der Waals surface area contributed by atoms with Gasteiger partial charge in [0.1, 0.15) is 27.3 Å². The fourth-order valence-corrected chi connectivity index (χ4v) is 3.67. The van der Waals surface area contributed by atoms with Gasteiger partial charge in [0.15, 0.2) is 0 Å². The molecule has 1 atom stereocenters. The molecular weight excluding hydrogens is 360 g/mol. The van der Waals surface area contributed by atoms with Crippen LogP contribution in [0.4, 0.5) is 0 Å². The third-order valence-electron chi connectivity index (χ3n) is 4.85. The summed E-state index contributed by atoms with van der Waals surface area (Å²) in [6.07, 6.45) is 1.41. The number of benzene rings is 1. The Balaban J connectivity index is 2.30. The van der Waals surface area contributed by atoms with Crippen molar-refractivity contribution in [2.75, 3.05) is 0 Å². The van der Waals surface area contributed by atoms with E-state index >= 15 is 0 Å². The zero-order valence-corrected chi connectivity index (χ0v) is 17.4. The first kappa shape index (κ1) is 19.6. The molecule has 0 N–H and O–H groups in total. The fourth-order valence-electron chi connectivity index (χ4n) is 3.04. The second-order valence-corrected chi connectivity index (χ2v) is 10.1. The van der Waals surface area contributed by atoms with Gasteiger partial charge in [0.25, 0.3) is 5.56 Å². The maximum Gasteiger partial charge on any atom is 0.261 e. The lowest BCUT2D eigenvalue weighted by molar-refractivity contribution is 0.561. The zero-order valence-electron chi connectivity index (χ0n) is 16.6. The molecule has 0 bridgehead atoms. The minimum atomic E-state index is -1.41. The van der Waals surface area contributed by atoms with Crippen molar-refractivity contribution in [3.8, 4) is 6.07 Å². The van der Waals surface area contributed by atoms with Crippen LogP contribution in [0, 0.1) is 18.3 Å². The third-order valence-corrected chi connectivity index (χ3v) is 6.34. The Bertz CT molecular complexity index is 1050. The van der Waals surface area contributed by atoms with Crippen molar-refractivity contribution in [1.29, 1.82) is 5.26 Å². The minimum absolute atomic E-state index is 0.175. The van der Waals surface area contributed by atoms with E-state index in [9.17, 15) is 14.6 Å². The molecule has 1 heterocycles. The smallest absolute Gasteiger partial charge is 0.261 e. The van der Waals surface area contributed by atoms with Gasteiger partial charge in [-0.05, 0) is 65.2 Å². The molecule has 27 heavy (non-hydrogen) atoms. The summed E-state index contributed by atoms with van der Waals surface area (Å²) in [6.45, 7) is 9.29. The van der Waals surface area contributed by atoms with E-state index in [1.165, 1.54) is 4.57 Å². The van der Waals surface area contributed by atoms with Crippen molar-refractivity contribution in [1.82, 2.24) is 9.55 Å². The summed E-state index contributed by atoms with van der Waals surface area (Å²) >= 11 is -1.41. The van der Waals surface area contributed by atoms with Crippen molar-refractivity contribution < 1.29 is 4.55 Å². The van der Waals surface area contributed by atoms with Crippen LogP contribution in [0.1, 0.15) is 57.5 Å². The van der Waals surface area contributed by atoms with E-state index < -0.39 is 21.5 Å². The normalized spacial score (nSPS) is 17.6. The average Bonchev–Trinajstić information content (AvgIpc) is 3.38. The van der Waals surface area contributed by atoms with E-state index in [1.807, 2.05) is 33.8 Å². The number of nitriles is 1. The van der Waals surface area contributed by atoms with Crippen molar-refractivity contribution in [2.45, 2.75) is 57.6 Å². The molecule has 6 nitrogen and oxygen atoms in total. The number of rotatable bonds is 3. The van der Waals surface area contributed by atoms with Gasteiger partial charge in [-0.15, -0.1) is 0 Å². The lowest BCUT2D eigenvalue weighted by atomic mass is 10.0. The third kappa shape index (κ3) is 3.40. The Morgan fingerprint density at radius 1 is 1.41 bits per heavy atom. The molecule has 0 saturated heterocycles. The van der Waals surface area contributed by atoms with Gasteiger partial charge >= 0.3 is 0 Å². The summed E-state index contributed by atoms with van der Waals surface area (Å²) in [5.41, 5.74) is 1.84. The number of aryl methyl sites for hydroxylation is 1. The summed E-state index contributed by atoms with van der Waals surface area (Å²) in [5, 5.41) is 10.0. The molecule has 7 heteroatoms. The highest BCUT2D eigenvalue weighted by atomic mass is 32.2. The van der Waals surface area contributed by atoms with Gasteiger partial charge in [0, 0.05) is 12.6 Å². The molecule has 1 aliphatic carbocycles. The maximum absolute atomic E-state index is 13.0. The molecular formula is C20H24N4O2S. The Morgan fingerprint density at radius 2 is 2.04 bits per heavy atom. The molecule has 1 fully saturated rings. The molecule has 0 radical (unpaired) electrons. The summed E-state index contributed by atoms with van der Waals surface area (Å²) in [6, 6.07) is 6.02. The van der Waals surface area contributed by atoms with Gasteiger partial charge < -0.3 is 4.55 Å². The van der Waals surface area contributed by atoms with Crippen LogP contribution in [-0.4, -0.2) is 24.6 Å². The van der Waals surface area contributed by atoms with Crippen molar-refractivity contribution in [2.24, 2.45) is 11.4 Å². The minimum Gasteiger partial charge on any atom is -0.591 e. The van der Waals surface area contributed by atoms with Crippen molar-refractivity contribution in [3.63, 3.8) is 0 Å². The van der Waals surface area contributed by atoms with E-state index in [0.29, 0.717) is 40.8 Å². The lowest BCUT2D eigenvalue weighted by Crippen LogP contribution is -2.28. The molecule has 1 aromatic heterocycles. The molecule has 142 valence electrons. The monoisotopic (exact) mass is 384 g/mol. The number of hydrogen-bond acceptors (Lipinski definition) is 5. The van der Waals surface area contributed by atoms with Crippen molar-refractivity contribution >= 4 is 28.0 Å². The predicted octanol–water partition coefficient (Wildman–Crippen LogP) is 3.07. The Morgan fingerprint density at radius 3 is 2.56 bits per heavy atom. The number of aromatic nitrogens is 2. The van der Waals surface area contributed by atoms with Gasteiger partial charge in [0.2, 0.25) is 0 Å². The van der Waals surface area contributed by atoms with Gasteiger partial charge in [0.05, 0.1) is 22.7 Å². The van der Waals surface area contributed by atoms with Crippen LogP contribution in [0.3, 0.4) is 0 Å². The maximum atomic E-state index is 13.0. The van der Waals surface area contributed by atoms with Gasteiger partial charge in [-0.3, -0.25) is 9.36 Å². The fraction of sp³-hybridized carbons (Fsp3) is 0.500. The van der Waals surface area contributed by atoms with Gasteiger partial charge in [-0.25, -0.2) is 4.98 Å². The Hall–Kier alpha value is -2.17. The van der Waals surface area contributed by atoms with Crippen LogP contribution in [0.25, 0.3) is 10.9 Å². The van der Waals surface area contributed by atoms with Crippen molar-refractivity contribution in [3.05, 3.63) is 39.4 Å². The first-order valence-electron chi connectivity index (χ1n) is 8.91. The van der Waals surface area contributed by atoms with E-state index in [1.54, 1.807) is 20.0 Å². The standard InChI is InChI=1S/C20H24N4O2S/c1-12-9-14(13(2)23-27(26)19(3,4)5)16-15(10-12)17(25)24(6)18(22-16)20(11-21)7-8-20/h9-10H,7-8H2,1-6H3/t27-/m1/s1. The first-order chi connectivity index (χ1) is 12.5. The van der Waals surface area contributed by atoms with E-state index in [4.69, 9.17) is 4.98 Å². The number of hydrogen-bond donors (Lipinski definition) is 0. The van der Waals surface area contributed by atoms with Gasteiger partial charge in [-0.2, -0.15) is 5.26 Å². The molecule has 0 unspecified atom stereocenters. The summed E-state index contributed by atoms with van der Waals surface area (Å²) in [5.74, 6) is 0.498. The Labute approximate surface area is 162 Å². The number of fused-ring (bicyclic) bond motifs is 1. The highest BCUT2D eigenvalue weighted by molar-refractivity contribution is 7.91. The van der Waals surface area contributed by atoms with E-state index in [-0.39, 0.29) is 5.56 Å². The molecule has 1 aromatic carbocycles. The van der Waals surface area contributed by atoms with Crippen LogP contribution < -0.4 is 5.56 Å². The predicted molar refractivity (Wildman–Crippen MR) is 108 cm³/mol. The van der Waals surface area contributed by atoms with Gasteiger partial charge in [-0.1, -0.05) is 4.40 Å². The SMILES string of the molecule is CC(=N[S@+]([O-])C(C)(C)C)c1cc(C)cc2c(=O)n(C)c(C3(C#N)CC3)nc12. The molecule has 2 aromatic rings. The molecule has 0 amide bonds. The molecule has 0 spiro atoms. The summed E-state index contributed by atoms with van der Waals surface area (Å²) in [7, 11) is 1.67. The van der Waals surface area contributed by atoms with Crippen LogP contribution in [0.5, 0.6) is 0 Å². The first-order valence-corrected chi connectivity index (χ1v) is 10.0.